The smallest absolute Gasteiger partial charge is 0.351 e. The van der Waals surface area contributed by atoms with Crippen LogP contribution in [0.1, 0.15) is 24.7 Å². The number of nitriles is 1. The Morgan fingerprint density at radius 2 is 1.77 bits per heavy atom. The normalized spacial score (nSPS) is 20.0. The van der Waals surface area contributed by atoms with Crippen LogP contribution in [0.25, 0.3) is 11.3 Å². The highest BCUT2D eigenvalue weighted by Gasteiger charge is 2.49. The van der Waals surface area contributed by atoms with Gasteiger partial charge in [-0.25, -0.2) is 27.2 Å². The molecule has 1 saturated heterocycles. The van der Waals surface area contributed by atoms with Gasteiger partial charge in [0.05, 0.1) is 28.8 Å². The van der Waals surface area contributed by atoms with Gasteiger partial charge in [0.15, 0.2) is 0 Å². The van der Waals surface area contributed by atoms with Gasteiger partial charge in [-0.2, -0.15) is 22.7 Å². The summed E-state index contributed by atoms with van der Waals surface area (Å²) in [7, 11) is -4.31. The average molecular weight is 567 g/mol. The minimum absolute atomic E-state index is 0.0360. The SMILES string of the molecule is C[C@H]1C(C#N)C[C@@H](C(=O)NCc2cc(-c3cnc(C(F)(F)F)nc3)ncc2F)N1S(=O)(=O)c1ccc(F)cc1. The molecule has 2 aromatic heterocycles. The van der Waals surface area contributed by atoms with Gasteiger partial charge in [-0.05, 0) is 43.7 Å². The summed E-state index contributed by atoms with van der Waals surface area (Å²) in [5.41, 5.74) is 0.00612. The number of hydrogen-bond acceptors (Lipinski definition) is 7. The number of nitrogens with zero attached hydrogens (tertiary/aromatic N) is 5. The highest BCUT2D eigenvalue weighted by Crippen LogP contribution is 2.35. The first kappa shape index (κ1) is 28.0. The topological polar surface area (TPSA) is 129 Å². The lowest BCUT2D eigenvalue weighted by molar-refractivity contribution is -0.145. The molecule has 15 heteroatoms. The first-order valence-electron chi connectivity index (χ1n) is 11.3. The van der Waals surface area contributed by atoms with Crippen LogP contribution in [0.2, 0.25) is 0 Å². The van der Waals surface area contributed by atoms with Crippen molar-refractivity contribution in [2.45, 2.75) is 43.0 Å². The Bertz CT molecular complexity index is 1530. The lowest BCUT2D eigenvalue weighted by atomic mass is 10.0. The molecule has 39 heavy (non-hydrogen) atoms. The Labute approximate surface area is 219 Å². The summed E-state index contributed by atoms with van der Waals surface area (Å²) in [6, 6.07) is 4.98. The van der Waals surface area contributed by atoms with E-state index in [0.717, 1.165) is 47.2 Å². The van der Waals surface area contributed by atoms with Crippen molar-refractivity contribution in [3.8, 4) is 17.3 Å². The zero-order valence-corrected chi connectivity index (χ0v) is 20.8. The summed E-state index contributed by atoms with van der Waals surface area (Å²) >= 11 is 0. The second kappa shape index (κ2) is 10.6. The van der Waals surface area contributed by atoms with E-state index < -0.39 is 64.1 Å². The van der Waals surface area contributed by atoms with Gasteiger partial charge in [0.25, 0.3) is 0 Å². The molecule has 1 aliphatic heterocycles. The fourth-order valence-corrected chi connectivity index (χ4v) is 6.01. The van der Waals surface area contributed by atoms with E-state index in [2.05, 4.69) is 20.3 Å². The Hall–Kier alpha value is -4.03. The minimum atomic E-state index is -4.75. The molecule has 0 radical (unpaired) electrons. The molecule has 0 spiro atoms. The zero-order chi connectivity index (χ0) is 28.5. The molecule has 0 aliphatic carbocycles. The maximum Gasteiger partial charge on any atom is 0.451 e. The summed E-state index contributed by atoms with van der Waals surface area (Å²) in [6.45, 7) is 1.05. The lowest BCUT2D eigenvalue weighted by Gasteiger charge is -2.27. The van der Waals surface area contributed by atoms with Crippen molar-refractivity contribution in [3.05, 3.63) is 71.9 Å². The predicted octanol–water partition coefficient (Wildman–Crippen LogP) is 3.44. The molecular formula is C24H19F5N6O3S. The molecule has 1 aliphatic rings. The van der Waals surface area contributed by atoms with Gasteiger partial charge in [0, 0.05) is 36.1 Å². The van der Waals surface area contributed by atoms with Crippen molar-refractivity contribution in [1.82, 2.24) is 24.6 Å². The van der Waals surface area contributed by atoms with Gasteiger partial charge >= 0.3 is 6.18 Å². The van der Waals surface area contributed by atoms with Crippen molar-refractivity contribution in [2.75, 3.05) is 0 Å². The molecule has 1 amide bonds. The van der Waals surface area contributed by atoms with E-state index in [9.17, 15) is 40.4 Å². The summed E-state index contributed by atoms with van der Waals surface area (Å²) in [6.07, 6.45) is -2.32. The van der Waals surface area contributed by atoms with Gasteiger partial charge in [-0.1, -0.05) is 0 Å². The molecule has 0 saturated carbocycles. The molecule has 0 bridgehead atoms. The monoisotopic (exact) mass is 566 g/mol. The second-order valence-electron chi connectivity index (χ2n) is 8.69. The number of rotatable bonds is 6. The third-order valence-corrected chi connectivity index (χ3v) is 8.22. The number of sulfonamides is 1. The Morgan fingerprint density at radius 1 is 1.13 bits per heavy atom. The fraction of sp³-hybridized carbons (Fsp3) is 0.292. The van der Waals surface area contributed by atoms with Crippen molar-refractivity contribution >= 4 is 15.9 Å². The van der Waals surface area contributed by atoms with Crippen molar-refractivity contribution in [3.63, 3.8) is 0 Å². The fourth-order valence-electron chi connectivity index (χ4n) is 4.18. The van der Waals surface area contributed by atoms with E-state index in [-0.39, 0.29) is 28.1 Å². The molecule has 1 N–H and O–H groups in total. The molecule has 3 aromatic rings. The van der Waals surface area contributed by atoms with Gasteiger partial charge in [0.1, 0.15) is 17.7 Å². The van der Waals surface area contributed by atoms with E-state index in [4.69, 9.17) is 0 Å². The van der Waals surface area contributed by atoms with Gasteiger partial charge in [-0.15, -0.1) is 0 Å². The number of aromatic nitrogens is 3. The number of halogens is 5. The van der Waals surface area contributed by atoms with Crippen LogP contribution in [0.4, 0.5) is 22.0 Å². The van der Waals surface area contributed by atoms with Crippen LogP contribution in [0.3, 0.4) is 0 Å². The molecule has 3 atom stereocenters. The van der Waals surface area contributed by atoms with E-state index in [0.29, 0.717) is 0 Å². The quantitative estimate of drug-likeness (QED) is 0.453. The Balaban J connectivity index is 1.55. The lowest BCUT2D eigenvalue weighted by Crippen LogP contribution is -2.48. The number of pyridine rings is 1. The van der Waals surface area contributed by atoms with E-state index >= 15 is 0 Å². The molecule has 9 nitrogen and oxygen atoms in total. The van der Waals surface area contributed by atoms with E-state index in [1.807, 2.05) is 6.07 Å². The first-order valence-corrected chi connectivity index (χ1v) is 12.8. The largest absolute Gasteiger partial charge is 0.451 e. The minimum Gasteiger partial charge on any atom is -0.351 e. The molecule has 4 rings (SSSR count). The molecule has 204 valence electrons. The van der Waals surface area contributed by atoms with Crippen LogP contribution in [-0.4, -0.2) is 45.7 Å². The highest BCUT2D eigenvalue weighted by atomic mass is 32.2. The number of carbonyl (C=O) groups is 1. The van der Waals surface area contributed by atoms with Crippen LogP contribution in [0.15, 0.2) is 53.8 Å². The average Bonchev–Trinajstić information content (AvgIpc) is 3.25. The zero-order valence-electron chi connectivity index (χ0n) is 20.0. The maximum absolute atomic E-state index is 14.5. The van der Waals surface area contributed by atoms with Gasteiger partial charge in [0.2, 0.25) is 21.8 Å². The number of benzene rings is 1. The van der Waals surface area contributed by atoms with Gasteiger partial charge in [-0.3, -0.25) is 9.78 Å². The second-order valence-corrected chi connectivity index (χ2v) is 10.5. The van der Waals surface area contributed by atoms with Crippen LogP contribution >= 0.6 is 0 Å². The molecule has 3 heterocycles. The number of carbonyl (C=O) groups excluding carboxylic acids is 1. The first-order chi connectivity index (χ1) is 18.3. The summed E-state index contributed by atoms with van der Waals surface area (Å²) < 4.78 is 93.5. The van der Waals surface area contributed by atoms with E-state index in [1.54, 1.807) is 0 Å². The number of hydrogen-bond donors (Lipinski definition) is 1. The molecular weight excluding hydrogens is 547 g/mol. The molecule has 1 fully saturated rings. The van der Waals surface area contributed by atoms with Crippen LogP contribution in [-0.2, 0) is 27.5 Å². The molecule has 1 aromatic carbocycles. The standard InChI is InChI=1S/C24H19F5N6O3S/c1-13-14(8-30)7-21(35(13)39(37,38)18-4-2-17(25)3-5-18)22(36)32-9-15-6-20(31-12-19(15)26)16-10-33-23(34-11-16)24(27,28)29/h2-6,10-14,21H,7,9H2,1H3,(H,32,36)/t13-,14?,21-/m0/s1. The number of amides is 1. The predicted molar refractivity (Wildman–Crippen MR) is 124 cm³/mol. The van der Waals surface area contributed by atoms with Crippen LogP contribution in [0.5, 0.6) is 0 Å². The summed E-state index contributed by atoms with van der Waals surface area (Å²) in [5, 5.41) is 11.9. The van der Waals surface area contributed by atoms with Gasteiger partial charge < -0.3 is 5.32 Å². The summed E-state index contributed by atoms with van der Waals surface area (Å²) in [5.74, 6) is -4.48. The maximum atomic E-state index is 14.5. The highest BCUT2D eigenvalue weighted by molar-refractivity contribution is 7.89. The van der Waals surface area contributed by atoms with Crippen molar-refractivity contribution in [1.29, 1.82) is 5.26 Å². The van der Waals surface area contributed by atoms with Crippen molar-refractivity contribution in [2.24, 2.45) is 5.92 Å². The molecule has 1 unspecified atom stereocenters. The number of alkyl halides is 3. The Morgan fingerprint density at radius 3 is 2.36 bits per heavy atom. The van der Waals surface area contributed by atoms with Crippen molar-refractivity contribution < 1.29 is 35.2 Å². The van der Waals surface area contributed by atoms with Crippen LogP contribution < -0.4 is 5.32 Å². The Kier molecular flexibility index (Phi) is 7.62. The van der Waals surface area contributed by atoms with Crippen LogP contribution in [0, 0.1) is 28.9 Å². The summed E-state index contributed by atoms with van der Waals surface area (Å²) in [4.78, 5) is 23.1. The van der Waals surface area contributed by atoms with E-state index in [1.165, 1.54) is 13.0 Å². The third-order valence-electron chi connectivity index (χ3n) is 6.21. The number of nitrogens with one attached hydrogen (secondary N) is 1. The third kappa shape index (κ3) is 5.71.